The van der Waals surface area contributed by atoms with Crippen LogP contribution in [0.3, 0.4) is 0 Å². The molecule has 4 rings (SSSR count). The van der Waals surface area contributed by atoms with E-state index in [0.717, 1.165) is 51.9 Å². The van der Waals surface area contributed by atoms with Crippen molar-refractivity contribution in [3.63, 3.8) is 0 Å². The van der Waals surface area contributed by atoms with Crippen LogP contribution in [0.4, 0.5) is 0 Å². The highest BCUT2D eigenvalue weighted by atomic mass is 16.5. The lowest BCUT2D eigenvalue weighted by Gasteiger charge is -2.12. The van der Waals surface area contributed by atoms with Gasteiger partial charge in [0.25, 0.3) is 0 Å². The fourth-order valence-electron chi connectivity index (χ4n) is 4.34. The molecule has 0 radical (unpaired) electrons. The van der Waals surface area contributed by atoms with E-state index in [4.69, 9.17) is 9.72 Å². The molecule has 0 atom stereocenters. The highest BCUT2D eigenvalue weighted by molar-refractivity contribution is 5.71. The Morgan fingerprint density at radius 3 is 2.56 bits per heavy atom. The van der Waals surface area contributed by atoms with Crippen LogP contribution in [0.1, 0.15) is 54.9 Å². The van der Waals surface area contributed by atoms with Gasteiger partial charge in [0.1, 0.15) is 12.4 Å². The van der Waals surface area contributed by atoms with E-state index in [1.807, 2.05) is 48.5 Å². The van der Waals surface area contributed by atoms with Crippen LogP contribution < -0.4 is 5.69 Å². The van der Waals surface area contributed by atoms with Crippen molar-refractivity contribution in [3.8, 4) is 17.2 Å². The molecule has 0 aliphatic carbocycles. The highest BCUT2D eigenvalue weighted by Gasteiger charge is 2.20. The molecule has 8 heteroatoms. The second-order valence-electron chi connectivity index (χ2n) is 8.62. The van der Waals surface area contributed by atoms with Gasteiger partial charge < -0.3 is 4.74 Å². The van der Waals surface area contributed by atoms with Gasteiger partial charge in [0.2, 0.25) is 0 Å². The van der Waals surface area contributed by atoms with E-state index < -0.39 is 11.7 Å². The second-order valence-corrected chi connectivity index (χ2v) is 8.62. The van der Waals surface area contributed by atoms with Gasteiger partial charge in [-0.25, -0.2) is 18.9 Å². The predicted molar refractivity (Wildman–Crippen MR) is 137 cm³/mol. The summed E-state index contributed by atoms with van der Waals surface area (Å²) in [5, 5.41) is 14.0. The molecular formula is C28H29N5O3. The van der Waals surface area contributed by atoms with Crippen molar-refractivity contribution in [2.75, 3.05) is 6.61 Å². The first-order valence-electron chi connectivity index (χ1n) is 12.2. The summed E-state index contributed by atoms with van der Waals surface area (Å²) >= 11 is 0. The molecular weight excluding hydrogens is 454 g/mol. The zero-order chi connectivity index (χ0) is 25.7. The number of rotatable bonds is 9. The van der Waals surface area contributed by atoms with Crippen LogP contribution in [0.2, 0.25) is 0 Å². The van der Waals surface area contributed by atoms with E-state index in [1.54, 1.807) is 13.8 Å². The SMILES string of the molecule is CCCCc1nc(C)n2c(=O)n(CC(=O)OCC)nc2c1Cc1ccc(-c2ccccc2C#N)cc1. The first-order valence-corrected chi connectivity index (χ1v) is 12.2. The minimum atomic E-state index is -0.505. The number of carbonyl (C=O) groups is 1. The number of unbranched alkanes of at least 4 members (excludes halogenated alkanes) is 1. The lowest BCUT2D eigenvalue weighted by Crippen LogP contribution is -2.27. The number of carbonyl (C=O) groups excluding carboxylic acids is 1. The maximum absolute atomic E-state index is 13.1. The number of esters is 1. The summed E-state index contributed by atoms with van der Waals surface area (Å²) in [4.78, 5) is 29.9. The average Bonchev–Trinajstić information content (AvgIpc) is 3.21. The standard InChI is InChI=1S/C28H29N5O3/c1-4-6-11-25-24(16-20-12-14-21(15-13-20)23-10-8-7-9-22(23)17-29)27-31-32(18-26(34)36-5-2)28(35)33(27)19(3)30-25/h7-10,12-15H,4-6,11,16,18H2,1-3H3. The van der Waals surface area contributed by atoms with Crippen LogP contribution in [0, 0.1) is 18.3 Å². The van der Waals surface area contributed by atoms with E-state index in [-0.39, 0.29) is 13.2 Å². The molecule has 36 heavy (non-hydrogen) atoms. The topological polar surface area (TPSA) is 102 Å². The Hall–Kier alpha value is -4.25. The minimum Gasteiger partial charge on any atom is -0.465 e. The van der Waals surface area contributed by atoms with E-state index >= 15 is 0 Å². The van der Waals surface area contributed by atoms with Crippen molar-refractivity contribution in [2.45, 2.75) is 53.0 Å². The molecule has 0 aliphatic rings. The van der Waals surface area contributed by atoms with Gasteiger partial charge in [-0.1, -0.05) is 55.8 Å². The summed E-state index contributed by atoms with van der Waals surface area (Å²) in [5.74, 6) is 0.0398. The van der Waals surface area contributed by atoms with Crippen LogP contribution in [-0.2, 0) is 28.9 Å². The third-order valence-electron chi connectivity index (χ3n) is 6.12. The second kappa shape index (κ2) is 11.0. The molecule has 0 spiro atoms. The molecule has 0 unspecified atom stereocenters. The number of ether oxygens (including phenoxy) is 1. The third-order valence-corrected chi connectivity index (χ3v) is 6.12. The molecule has 184 valence electrons. The molecule has 0 saturated heterocycles. The van der Waals surface area contributed by atoms with Gasteiger partial charge in [-0.2, -0.15) is 5.26 Å². The Kier molecular flexibility index (Phi) is 7.59. The van der Waals surface area contributed by atoms with E-state index in [1.165, 1.54) is 4.40 Å². The molecule has 0 aliphatic heterocycles. The normalized spacial score (nSPS) is 10.9. The molecule has 2 heterocycles. The quantitative estimate of drug-likeness (QED) is 0.330. The van der Waals surface area contributed by atoms with Crippen molar-refractivity contribution >= 4 is 11.6 Å². The lowest BCUT2D eigenvalue weighted by molar-refractivity contribution is -0.144. The van der Waals surface area contributed by atoms with Gasteiger partial charge in [0.15, 0.2) is 5.65 Å². The Bertz CT molecular complexity index is 1490. The molecule has 2 aromatic carbocycles. The summed E-state index contributed by atoms with van der Waals surface area (Å²) in [6, 6.07) is 17.8. The van der Waals surface area contributed by atoms with Crippen LogP contribution in [0.15, 0.2) is 53.3 Å². The van der Waals surface area contributed by atoms with Gasteiger partial charge in [-0.15, -0.1) is 5.10 Å². The van der Waals surface area contributed by atoms with Crippen LogP contribution in [0.25, 0.3) is 16.8 Å². The van der Waals surface area contributed by atoms with Gasteiger partial charge >= 0.3 is 11.7 Å². The summed E-state index contributed by atoms with van der Waals surface area (Å²) in [7, 11) is 0. The number of benzene rings is 2. The number of aromatic nitrogens is 4. The highest BCUT2D eigenvalue weighted by Crippen LogP contribution is 2.25. The number of fused-ring (bicyclic) bond motifs is 1. The Morgan fingerprint density at radius 1 is 1.11 bits per heavy atom. The molecule has 0 fully saturated rings. The summed E-state index contributed by atoms with van der Waals surface area (Å²) < 4.78 is 7.63. The van der Waals surface area contributed by atoms with Crippen LogP contribution in [0.5, 0.6) is 0 Å². The summed E-state index contributed by atoms with van der Waals surface area (Å²) in [6.07, 6.45) is 3.29. The average molecular weight is 484 g/mol. The minimum absolute atomic E-state index is 0.239. The molecule has 8 nitrogen and oxygen atoms in total. The Balaban J connectivity index is 1.76. The maximum Gasteiger partial charge on any atom is 0.352 e. The van der Waals surface area contributed by atoms with Crippen molar-refractivity contribution in [3.05, 3.63) is 87.2 Å². The van der Waals surface area contributed by atoms with Gasteiger partial charge in [-0.05, 0) is 49.4 Å². The summed E-state index contributed by atoms with van der Waals surface area (Å²) in [5.41, 5.74) is 5.40. The molecule has 0 N–H and O–H groups in total. The van der Waals surface area contributed by atoms with E-state index in [0.29, 0.717) is 23.5 Å². The van der Waals surface area contributed by atoms with Gasteiger partial charge in [-0.3, -0.25) is 4.79 Å². The smallest absolute Gasteiger partial charge is 0.352 e. The lowest BCUT2D eigenvalue weighted by atomic mass is 9.96. The van der Waals surface area contributed by atoms with Crippen molar-refractivity contribution in [2.24, 2.45) is 0 Å². The van der Waals surface area contributed by atoms with Crippen molar-refractivity contribution in [1.82, 2.24) is 19.2 Å². The number of hydrogen-bond donors (Lipinski definition) is 0. The maximum atomic E-state index is 13.1. The van der Waals surface area contributed by atoms with Crippen LogP contribution >= 0.6 is 0 Å². The Labute approximate surface area is 209 Å². The molecule has 0 amide bonds. The van der Waals surface area contributed by atoms with Gasteiger partial charge in [0.05, 0.1) is 18.2 Å². The van der Waals surface area contributed by atoms with Crippen molar-refractivity contribution in [1.29, 1.82) is 5.26 Å². The predicted octanol–water partition coefficient (Wildman–Crippen LogP) is 4.23. The monoisotopic (exact) mass is 483 g/mol. The molecule has 0 bridgehead atoms. The van der Waals surface area contributed by atoms with Crippen molar-refractivity contribution < 1.29 is 9.53 Å². The fraction of sp³-hybridized carbons (Fsp3) is 0.321. The van der Waals surface area contributed by atoms with Crippen LogP contribution in [-0.4, -0.2) is 31.7 Å². The fourth-order valence-corrected chi connectivity index (χ4v) is 4.34. The molecule has 0 saturated carbocycles. The third kappa shape index (κ3) is 5.05. The molecule has 4 aromatic rings. The zero-order valence-corrected chi connectivity index (χ0v) is 20.8. The first kappa shape index (κ1) is 24.9. The van der Waals surface area contributed by atoms with E-state index in [9.17, 15) is 14.9 Å². The zero-order valence-electron chi connectivity index (χ0n) is 20.8. The number of nitrogens with zero attached hydrogens (tertiary/aromatic N) is 5. The number of nitriles is 1. The van der Waals surface area contributed by atoms with Gasteiger partial charge in [0, 0.05) is 17.7 Å². The molecule has 2 aromatic heterocycles. The Morgan fingerprint density at radius 2 is 1.86 bits per heavy atom. The summed E-state index contributed by atoms with van der Waals surface area (Å²) in [6.45, 7) is 5.63. The number of aryl methyl sites for hydroxylation is 2. The first-order chi connectivity index (χ1) is 17.5. The number of hydrogen-bond acceptors (Lipinski definition) is 6. The largest absolute Gasteiger partial charge is 0.465 e. The van der Waals surface area contributed by atoms with E-state index in [2.05, 4.69) is 18.1 Å².